The van der Waals surface area contributed by atoms with Gasteiger partial charge in [0.2, 0.25) is 5.13 Å². The molecule has 4 nitrogen and oxygen atoms in total. The van der Waals surface area contributed by atoms with Crippen molar-refractivity contribution < 1.29 is 9.18 Å². The number of ketones is 1. The monoisotopic (exact) mass is 401 g/mol. The number of hydrogen-bond donors (Lipinski definition) is 0. The summed E-state index contributed by atoms with van der Waals surface area (Å²) in [5.74, 6) is -0.279. The lowest BCUT2D eigenvalue weighted by molar-refractivity contribution is 0.0900. The molecule has 1 aliphatic rings. The molecule has 7 heteroatoms. The molecule has 0 N–H and O–H groups in total. The first-order chi connectivity index (χ1) is 13.1. The summed E-state index contributed by atoms with van der Waals surface area (Å²) in [5.41, 5.74) is 1.45. The number of carbonyl (C=O) groups excluding carboxylic acids is 1. The number of carbonyl (C=O) groups is 1. The van der Waals surface area contributed by atoms with Crippen molar-refractivity contribution in [2.75, 3.05) is 18.0 Å². The Labute approximate surface area is 165 Å². The lowest BCUT2D eigenvalue weighted by atomic mass is 9.89. The second kappa shape index (κ2) is 7.74. The van der Waals surface area contributed by atoms with Gasteiger partial charge in [0.1, 0.15) is 5.82 Å². The van der Waals surface area contributed by atoms with Crippen LogP contribution < -0.4 is 4.90 Å². The lowest BCUT2D eigenvalue weighted by Crippen LogP contribution is -2.36. The zero-order valence-corrected chi connectivity index (χ0v) is 16.0. The van der Waals surface area contributed by atoms with E-state index in [0.717, 1.165) is 41.6 Å². The van der Waals surface area contributed by atoms with E-state index in [1.807, 2.05) is 24.3 Å². The van der Waals surface area contributed by atoms with Crippen LogP contribution in [0.25, 0.3) is 10.6 Å². The average molecular weight is 402 g/mol. The highest BCUT2D eigenvalue weighted by Gasteiger charge is 2.27. The van der Waals surface area contributed by atoms with Gasteiger partial charge in [0, 0.05) is 30.1 Å². The van der Waals surface area contributed by atoms with E-state index in [1.165, 1.54) is 23.5 Å². The van der Waals surface area contributed by atoms with Crippen LogP contribution in [-0.4, -0.2) is 29.1 Å². The molecule has 3 aromatic rings. The summed E-state index contributed by atoms with van der Waals surface area (Å²) in [5, 5.41) is 10.9. The number of aromatic nitrogens is 2. The van der Waals surface area contributed by atoms with Crippen molar-refractivity contribution in [2.45, 2.75) is 12.8 Å². The molecule has 1 fully saturated rings. The lowest BCUT2D eigenvalue weighted by Gasteiger charge is -2.30. The molecule has 0 bridgehead atoms. The third kappa shape index (κ3) is 3.87. The van der Waals surface area contributed by atoms with E-state index in [2.05, 4.69) is 15.1 Å². The van der Waals surface area contributed by atoms with Crippen LogP contribution in [-0.2, 0) is 0 Å². The molecule has 0 amide bonds. The molecule has 1 aromatic heterocycles. The molecule has 138 valence electrons. The van der Waals surface area contributed by atoms with Gasteiger partial charge in [0.25, 0.3) is 0 Å². The van der Waals surface area contributed by atoms with Crippen LogP contribution in [0, 0.1) is 11.7 Å². The predicted octanol–water partition coefficient (Wildman–Crippen LogP) is 5.10. The molecule has 1 aliphatic heterocycles. The third-order valence-corrected chi connectivity index (χ3v) is 6.13. The molecule has 0 radical (unpaired) electrons. The van der Waals surface area contributed by atoms with Crippen LogP contribution in [0.1, 0.15) is 23.2 Å². The van der Waals surface area contributed by atoms with Crippen molar-refractivity contribution >= 4 is 33.9 Å². The second-order valence-corrected chi connectivity index (χ2v) is 7.87. The summed E-state index contributed by atoms with van der Waals surface area (Å²) in [4.78, 5) is 14.8. The highest BCUT2D eigenvalue weighted by molar-refractivity contribution is 7.18. The minimum atomic E-state index is -0.327. The smallest absolute Gasteiger partial charge is 0.208 e. The van der Waals surface area contributed by atoms with Gasteiger partial charge in [-0.2, -0.15) is 0 Å². The average Bonchev–Trinajstić information content (AvgIpc) is 3.18. The number of hydrogen-bond acceptors (Lipinski definition) is 5. The summed E-state index contributed by atoms with van der Waals surface area (Å²) >= 11 is 7.75. The number of Topliss-reactive ketones (excluding diaryl/α,β-unsaturated/α-hetero) is 1. The molecule has 1 saturated heterocycles. The van der Waals surface area contributed by atoms with Gasteiger partial charge >= 0.3 is 0 Å². The summed E-state index contributed by atoms with van der Waals surface area (Å²) in [6.07, 6.45) is 1.49. The topological polar surface area (TPSA) is 46.1 Å². The highest BCUT2D eigenvalue weighted by Crippen LogP contribution is 2.34. The molecule has 2 heterocycles. The van der Waals surface area contributed by atoms with Gasteiger partial charge in [0.05, 0.1) is 5.02 Å². The number of piperidine rings is 1. The van der Waals surface area contributed by atoms with E-state index in [9.17, 15) is 9.18 Å². The van der Waals surface area contributed by atoms with Crippen LogP contribution in [0.4, 0.5) is 9.52 Å². The first kappa shape index (κ1) is 18.1. The van der Waals surface area contributed by atoms with E-state index in [-0.39, 0.29) is 17.5 Å². The fraction of sp³-hybridized carbons (Fsp3) is 0.250. The van der Waals surface area contributed by atoms with E-state index in [1.54, 1.807) is 12.1 Å². The van der Waals surface area contributed by atoms with Crippen molar-refractivity contribution in [1.29, 1.82) is 0 Å². The van der Waals surface area contributed by atoms with Crippen molar-refractivity contribution in [2.24, 2.45) is 5.92 Å². The molecule has 0 atom stereocenters. The van der Waals surface area contributed by atoms with Gasteiger partial charge in [0.15, 0.2) is 10.8 Å². The highest BCUT2D eigenvalue weighted by atomic mass is 35.5. The third-order valence-electron chi connectivity index (χ3n) is 4.78. The Bertz CT molecular complexity index is 952. The maximum absolute atomic E-state index is 13.0. The van der Waals surface area contributed by atoms with E-state index in [4.69, 9.17) is 11.6 Å². The van der Waals surface area contributed by atoms with Gasteiger partial charge in [-0.25, -0.2) is 4.39 Å². The van der Waals surface area contributed by atoms with Gasteiger partial charge in [-0.15, -0.1) is 10.2 Å². The number of halogens is 2. The Morgan fingerprint density at radius 2 is 1.78 bits per heavy atom. The van der Waals surface area contributed by atoms with Crippen molar-refractivity contribution in [3.05, 3.63) is 64.9 Å². The summed E-state index contributed by atoms with van der Waals surface area (Å²) in [7, 11) is 0. The Kier molecular flexibility index (Phi) is 5.18. The quantitative estimate of drug-likeness (QED) is 0.571. The first-order valence-corrected chi connectivity index (χ1v) is 9.94. The fourth-order valence-corrected chi connectivity index (χ4v) is 4.49. The molecule has 4 rings (SSSR count). The predicted molar refractivity (Wildman–Crippen MR) is 106 cm³/mol. The minimum absolute atomic E-state index is 0.0392. The van der Waals surface area contributed by atoms with Crippen molar-refractivity contribution in [3.63, 3.8) is 0 Å². The maximum atomic E-state index is 13.0. The SMILES string of the molecule is O=C(c1ccc(F)cc1)C1CCN(c2nnc(-c3ccccc3Cl)s2)CC1. The molecule has 0 aliphatic carbocycles. The Balaban J connectivity index is 1.42. The summed E-state index contributed by atoms with van der Waals surface area (Å²) in [6.45, 7) is 1.49. The van der Waals surface area contributed by atoms with E-state index >= 15 is 0 Å². The van der Waals surface area contributed by atoms with Gasteiger partial charge < -0.3 is 4.90 Å². The molecular formula is C20H17ClFN3OS. The number of rotatable bonds is 4. The zero-order valence-electron chi connectivity index (χ0n) is 14.4. The minimum Gasteiger partial charge on any atom is -0.347 e. The van der Waals surface area contributed by atoms with Crippen LogP contribution in [0.3, 0.4) is 0 Å². The maximum Gasteiger partial charge on any atom is 0.208 e. The normalized spacial score (nSPS) is 15.1. The van der Waals surface area contributed by atoms with Crippen molar-refractivity contribution in [3.8, 4) is 10.6 Å². The number of nitrogens with zero attached hydrogens (tertiary/aromatic N) is 3. The largest absolute Gasteiger partial charge is 0.347 e. The van der Waals surface area contributed by atoms with Crippen LogP contribution in [0.2, 0.25) is 5.02 Å². The molecule has 0 spiro atoms. The zero-order chi connectivity index (χ0) is 18.8. The van der Waals surface area contributed by atoms with E-state index < -0.39 is 0 Å². The van der Waals surface area contributed by atoms with E-state index in [0.29, 0.717) is 10.6 Å². The Hall–Kier alpha value is -2.31. The Morgan fingerprint density at radius 3 is 2.48 bits per heavy atom. The first-order valence-electron chi connectivity index (χ1n) is 8.75. The van der Waals surface area contributed by atoms with Crippen LogP contribution in [0.15, 0.2) is 48.5 Å². The van der Waals surface area contributed by atoms with Gasteiger partial charge in [-0.3, -0.25) is 4.79 Å². The molecule has 0 saturated carbocycles. The molecular weight excluding hydrogens is 385 g/mol. The standard InChI is InChI=1S/C20H17ClFN3OS/c21-17-4-2-1-3-16(17)19-23-24-20(27-19)25-11-9-14(10-12-25)18(26)13-5-7-15(22)8-6-13/h1-8,14H,9-12H2. The fourth-order valence-electron chi connectivity index (χ4n) is 3.27. The molecule has 0 unspecified atom stereocenters. The Morgan fingerprint density at radius 1 is 1.07 bits per heavy atom. The molecule has 27 heavy (non-hydrogen) atoms. The van der Waals surface area contributed by atoms with Crippen LogP contribution >= 0.6 is 22.9 Å². The number of benzene rings is 2. The van der Waals surface area contributed by atoms with Crippen LogP contribution in [0.5, 0.6) is 0 Å². The van der Waals surface area contributed by atoms with Crippen molar-refractivity contribution in [1.82, 2.24) is 10.2 Å². The van der Waals surface area contributed by atoms with Gasteiger partial charge in [-0.1, -0.05) is 41.1 Å². The number of anilines is 1. The summed E-state index contributed by atoms with van der Waals surface area (Å²) < 4.78 is 13.0. The second-order valence-electron chi connectivity index (χ2n) is 6.50. The summed E-state index contributed by atoms with van der Waals surface area (Å²) in [6, 6.07) is 13.4. The van der Waals surface area contributed by atoms with Gasteiger partial charge in [-0.05, 0) is 43.2 Å². The molecule has 2 aromatic carbocycles.